The maximum Gasteiger partial charge on any atom is 0.338 e. The third kappa shape index (κ3) is 5.32. The number of rotatable bonds is 5. The fourth-order valence-corrected chi connectivity index (χ4v) is 4.32. The molecule has 1 aromatic heterocycles. The Labute approximate surface area is 208 Å². The van der Waals surface area contributed by atoms with Crippen molar-refractivity contribution >= 4 is 40.1 Å². The highest BCUT2D eigenvalue weighted by molar-refractivity contribution is 6.31. The first-order valence-electron chi connectivity index (χ1n) is 11.7. The van der Waals surface area contributed by atoms with Gasteiger partial charge in [-0.2, -0.15) is 0 Å². The number of aromatic nitrogens is 2. The molecule has 0 saturated heterocycles. The Morgan fingerprint density at radius 2 is 1.91 bits per heavy atom. The number of hydrogen-bond donors (Lipinski definition) is 1. The minimum absolute atomic E-state index is 0.0910. The number of methoxy groups -OCH3 is 1. The molecule has 0 saturated carbocycles. The average Bonchev–Trinajstić information content (AvgIpc) is 2.82. The molecule has 1 unspecified atom stereocenters. The molecule has 9 heteroatoms. The fraction of sp³-hybridized carbons (Fsp3) is 0.385. The maximum absolute atomic E-state index is 13.0. The number of nitrogens with zero attached hydrogens (tertiary/aromatic N) is 2. The minimum atomic E-state index is -1.08. The van der Waals surface area contributed by atoms with Crippen LogP contribution in [0.4, 0.5) is 5.69 Å². The van der Waals surface area contributed by atoms with Crippen molar-refractivity contribution in [3.8, 4) is 5.75 Å². The summed E-state index contributed by atoms with van der Waals surface area (Å²) in [5.74, 6) is -0.0544. The number of benzene rings is 2. The second-order valence-corrected chi connectivity index (χ2v) is 9.13. The summed E-state index contributed by atoms with van der Waals surface area (Å²) in [5, 5.41) is 3.68. The Morgan fingerprint density at radius 3 is 2.69 bits per heavy atom. The lowest BCUT2D eigenvalue weighted by Crippen LogP contribution is -2.30. The summed E-state index contributed by atoms with van der Waals surface area (Å²) in [4.78, 5) is 43.2. The highest BCUT2D eigenvalue weighted by Gasteiger charge is 2.22. The Hall–Kier alpha value is -3.39. The number of fused-ring (bicyclic) bond motifs is 2. The molecule has 0 spiro atoms. The Bertz CT molecular complexity index is 1350. The zero-order valence-corrected chi connectivity index (χ0v) is 20.8. The number of carbonyl (C=O) groups is 2. The summed E-state index contributed by atoms with van der Waals surface area (Å²) in [5.41, 5.74) is 1.77. The number of nitrogens with one attached hydrogen (secondary N) is 1. The molecule has 2 heterocycles. The minimum Gasteiger partial charge on any atom is -0.495 e. The highest BCUT2D eigenvalue weighted by Crippen LogP contribution is 2.31. The van der Waals surface area contributed by atoms with E-state index in [1.165, 1.54) is 20.1 Å². The molecule has 1 N–H and O–H groups in total. The van der Waals surface area contributed by atoms with Crippen molar-refractivity contribution in [3.63, 3.8) is 0 Å². The van der Waals surface area contributed by atoms with Gasteiger partial charge in [0.05, 0.1) is 29.3 Å². The number of esters is 1. The number of halogens is 1. The number of aryl methyl sites for hydroxylation is 2. The number of hydrogen-bond acceptors (Lipinski definition) is 6. The first-order chi connectivity index (χ1) is 16.8. The summed E-state index contributed by atoms with van der Waals surface area (Å²) < 4.78 is 12.4. The Morgan fingerprint density at radius 1 is 1.14 bits per heavy atom. The SMILES string of the molecule is COc1cc(Cl)c(C)cc1NC(=O)C(C)OC(=O)c1ccc2c(=O)n3c(nc2c1)CCCCCC3. The molecule has 0 fully saturated rings. The van der Waals surface area contributed by atoms with Crippen molar-refractivity contribution in [2.75, 3.05) is 12.4 Å². The standard InChI is InChI=1S/C26H28ClN3O5/c1-15-12-21(22(34-3)14-19(15)27)29-24(31)16(2)35-26(33)17-9-10-18-20(13-17)28-23-8-6-4-5-7-11-30(23)25(18)32/h9-10,12-14,16H,4-8,11H2,1-3H3,(H,29,31). The van der Waals surface area contributed by atoms with Gasteiger partial charge in [-0.05, 0) is 56.5 Å². The predicted molar refractivity (Wildman–Crippen MR) is 134 cm³/mol. The largest absolute Gasteiger partial charge is 0.495 e. The van der Waals surface area contributed by atoms with Gasteiger partial charge in [0.2, 0.25) is 0 Å². The molecule has 1 aliphatic rings. The summed E-state index contributed by atoms with van der Waals surface area (Å²) >= 11 is 6.12. The van der Waals surface area contributed by atoms with Gasteiger partial charge in [-0.25, -0.2) is 9.78 Å². The second-order valence-electron chi connectivity index (χ2n) is 8.72. The van der Waals surface area contributed by atoms with Crippen LogP contribution in [0.5, 0.6) is 5.75 Å². The van der Waals surface area contributed by atoms with Crippen LogP contribution in [0.3, 0.4) is 0 Å². The zero-order valence-electron chi connectivity index (χ0n) is 20.0. The summed E-state index contributed by atoms with van der Waals surface area (Å²) in [6.07, 6.45) is 3.79. The van der Waals surface area contributed by atoms with Crippen LogP contribution in [0.25, 0.3) is 10.9 Å². The van der Waals surface area contributed by atoms with Crippen molar-refractivity contribution in [1.82, 2.24) is 9.55 Å². The molecular weight excluding hydrogens is 470 g/mol. The van der Waals surface area contributed by atoms with Gasteiger partial charge >= 0.3 is 5.97 Å². The van der Waals surface area contributed by atoms with Gasteiger partial charge in [-0.1, -0.05) is 24.4 Å². The van der Waals surface area contributed by atoms with E-state index in [1.54, 1.807) is 35.8 Å². The monoisotopic (exact) mass is 497 g/mol. The number of amides is 1. The van der Waals surface area contributed by atoms with Crippen LogP contribution in [-0.4, -0.2) is 34.6 Å². The van der Waals surface area contributed by atoms with Crippen LogP contribution in [0.1, 0.15) is 54.4 Å². The van der Waals surface area contributed by atoms with Crippen LogP contribution in [-0.2, 0) is 22.5 Å². The molecule has 8 nitrogen and oxygen atoms in total. The van der Waals surface area contributed by atoms with Gasteiger partial charge in [0, 0.05) is 24.1 Å². The van der Waals surface area contributed by atoms with Gasteiger partial charge in [-0.15, -0.1) is 0 Å². The molecule has 184 valence electrons. The molecule has 1 atom stereocenters. The third-order valence-electron chi connectivity index (χ3n) is 6.19. The Balaban J connectivity index is 1.52. The van der Waals surface area contributed by atoms with E-state index in [1.807, 2.05) is 0 Å². The molecule has 4 rings (SSSR count). The molecule has 0 aliphatic carbocycles. The quantitative estimate of drug-likeness (QED) is 0.514. The van der Waals surface area contributed by atoms with Gasteiger partial charge in [0.15, 0.2) is 6.10 Å². The van der Waals surface area contributed by atoms with Crippen LogP contribution in [0.15, 0.2) is 35.1 Å². The van der Waals surface area contributed by atoms with Crippen LogP contribution < -0.4 is 15.6 Å². The smallest absolute Gasteiger partial charge is 0.338 e. The lowest BCUT2D eigenvalue weighted by atomic mass is 10.1. The van der Waals surface area contributed by atoms with Gasteiger partial charge in [0.1, 0.15) is 11.6 Å². The van der Waals surface area contributed by atoms with Gasteiger partial charge in [-0.3, -0.25) is 14.2 Å². The molecule has 1 aliphatic heterocycles. The van der Waals surface area contributed by atoms with Crippen molar-refractivity contribution < 1.29 is 19.1 Å². The summed E-state index contributed by atoms with van der Waals surface area (Å²) in [6, 6.07) is 7.97. The number of carbonyl (C=O) groups excluding carboxylic acids is 2. The third-order valence-corrected chi connectivity index (χ3v) is 6.60. The molecule has 35 heavy (non-hydrogen) atoms. The molecule has 2 aromatic carbocycles. The topological polar surface area (TPSA) is 99.5 Å². The van der Waals surface area contributed by atoms with Crippen LogP contribution in [0.2, 0.25) is 5.02 Å². The van der Waals surface area contributed by atoms with E-state index in [-0.39, 0.29) is 11.1 Å². The highest BCUT2D eigenvalue weighted by atomic mass is 35.5. The first-order valence-corrected chi connectivity index (χ1v) is 12.1. The van der Waals surface area contributed by atoms with E-state index in [4.69, 9.17) is 21.1 Å². The van der Waals surface area contributed by atoms with Crippen LogP contribution in [0, 0.1) is 6.92 Å². The van der Waals surface area contributed by atoms with Crippen LogP contribution >= 0.6 is 11.6 Å². The normalized spacial score (nSPS) is 14.4. The summed E-state index contributed by atoms with van der Waals surface area (Å²) in [6.45, 7) is 3.95. The molecule has 0 radical (unpaired) electrons. The molecular formula is C26H28ClN3O5. The van der Waals surface area contributed by atoms with Crippen molar-refractivity contribution in [1.29, 1.82) is 0 Å². The van der Waals surface area contributed by atoms with Crippen molar-refractivity contribution in [2.45, 2.75) is 58.6 Å². The average molecular weight is 498 g/mol. The molecule has 0 bridgehead atoms. The fourth-order valence-electron chi connectivity index (χ4n) is 4.17. The molecule has 3 aromatic rings. The lowest BCUT2D eigenvalue weighted by molar-refractivity contribution is -0.123. The van der Waals surface area contributed by atoms with Crippen molar-refractivity contribution in [2.24, 2.45) is 0 Å². The van der Waals surface area contributed by atoms with E-state index in [0.29, 0.717) is 33.9 Å². The van der Waals surface area contributed by atoms with E-state index in [0.717, 1.165) is 43.5 Å². The second kappa shape index (κ2) is 10.5. The van der Waals surface area contributed by atoms with E-state index in [2.05, 4.69) is 10.3 Å². The zero-order chi connectivity index (χ0) is 25.1. The van der Waals surface area contributed by atoms with Crippen molar-refractivity contribution in [3.05, 3.63) is 62.7 Å². The number of ether oxygens (including phenoxy) is 2. The number of anilines is 1. The van der Waals surface area contributed by atoms with E-state index in [9.17, 15) is 14.4 Å². The molecule has 1 amide bonds. The first kappa shape index (κ1) is 24.7. The maximum atomic E-state index is 13.0. The van der Waals surface area contributed by atoms with Gasteiger partial charge < -0.3 is 14.8 Å². The predicted octanol–water partition coefficient (Wildman–Crippen LogP) is 4.67. The van der Waals surface area contributed by atoms with E-state index >= 15 is 0 Å². The summed E-state index contributed by atoms with van der Waals surface area (Å²) in [7, 11) is 1.47. The van der Waals surface area contributed by atoms with E-state index < -0.39 is 18.0 Å². The van der Waals surface area contributed by atoms with Gasteiger partial charge in [0.25, 0.3) is 11.5 Å². The lowest BCUT2D eigenvalue weighted by Gasteiger charge is -2.17. The Kier molecular flexibility index (Phi) is 7.40.